The number of hydrogen-bond donors (Lipinski definition) is 4. The Morgan fingerprint density at radius 2 is 2.05 bits per heavy atom. The summed E-state index contributed by atoms with van der Waals surface area (Å²) in [7, 11) is -4.47. The summed E-state index contributed by atoms with van der Waals surface area (Å²) in [6, 6.07) is 6.70. The highest BCUT2D eigenvalue weighted by atomic mass is 31.2. The lowest BCUT2D eigenvalue weighted by Gasteiger charge is -2.29. The molecule has 4 N–H and O–H groups in total. The molecule has 0 bridgehead atoms. The third-order valence-corrected chi connectivity index (χ3v) is 7.35. The molecule has 0 saturated carbocycles. The van der Waals surface area contributed by atoms with Crippen LogP contribution in [-0.4, -0.2) is 72.4 Å². The maximum Gasteiger partial charge on any atom is 0.459 e. The molecule has 1 aliphatic heterocycles. The predicted molar refractivity (Wildman–Crippen MR) is 137 cm³/mol. The second-order valence-corrected chi connectivity index (χ2v) is 10.7. The van der Waals surface area contributed by atoms with E-state index in [4.69, 9.17) is 18.5 Å². The number of aliphatic hydroxyl groups excluding tert-OH is 2. The second-order valence-electron chi connectivity index (χ2n) is 9.05. The third kappa shape index (κ3) is 6.00. The first-order valence-electron chi connectivity index (χ1n) is 12.0. The Morgan fingerprint density at radius 1 is 1.32 bits per heavy atom. The number of rotatable bonds is 11. The summed E-state index contributed by atoms with van der Waals surface area (Å²) in [4.78, 5) is 37.5. The number of ether oxygens (including phenoxy) is 2. The van der Waals surface area contributed by atoms with Crippen molar-refractivity contribution in [2.24, 2.45) is 5.11 Å². The van der Waals surface area contributed by atoms with Crippen molar-refractivity contribution >= 4 is 24.9 Å². The second kappa shape index (κ2) is 11.7. The van der Waals surface area contributed by atoms with Gasteiger partial charge in [0.1, 0.15) is 24.0 Å². The maximum atomic E-state index is 13.8. The minimum absolute atomic E-state index is 0.00916. The fourth-order valence-electron chi connectivity index (χ4n) is 3.86. The first-order valence-corrected chi connectivity index (χ1v) is 13.5. The number of carbonyl (C=O) groups is 1. The molecular formula is C22H27N8O9P. The van der Waals surface area contributed by atoms with E-state index >= 15 is 0 Å². The van der Waals surface area contributed by atoms with Gasteiger partial charge in [0.25, 0.3) is 5.56 Å². The van der Waals surface area contributed by atoms with Crippen LogP contribution in [0.2, 0.25) is 0 Å². The molecule has 1 saturated heterocycles. The summed E-state index contributed by atoms with van der Waals surface area (Å²) in [5, 5.41) is 27.7. The normalized spacial score (nSPS) is 24.8. The minimum atomic E-state index is -4.47. The van der Waals surface area contributed by atoms with Crippen molar-refractivity contribution in [1.29, 1.82) is 0 Å². The van der Waals surface area contributed by atoms with Crippen LogP contribution in [0.5, 0.6) is 5.75 Å². The number of H-pyrrole nitrogens is 1. The van der Waals surface area contributed by atoms with Gasteiger partial charge in [0.05, 0.1) is 25.4 Å². The molecule has 2 aromatic heterocycles. The Labute approximate surface area is 226 Å². The minimum Gasteiger partial charge on any atom is -0.462 e. The van der Waals surface area contributed by atoms with Gasteiger partial charge in [0.2, 0.25) is 5.72 Å². The molecule has 0 spiro atoms. The fraction of sp³-hybridized carbons (Fsp3) is 0.455. The van der Waals surface area contributed by atoms with E-state index in [9.17, 15) is 29.9 Å². The molecule has 214 valence electrons. The van der Waals surface area contributed by atoms with Gasteiger partial charge < -0.3 is 29.2 Å². The molecule has 3 aromatic rings. The van der Waals surface area contributed by atoms with Crippen LogP contribution >= 0.6 is 7.75 Å². The molecule has 18 heteroatoms. The Hall–Kier alpha value is -3.82. The van der Waals surface area contributed by atoms with Gasteiger partial charge >= 0.3 is 13.7 Å². The zero-order valence-corrected chi connectivity index (χ0v) is 22.4. The van der Waals surface area contributed by atoms with Gasteiger partial charge in [-0.15, -0.1) is 0 Å². The lowest BCUT2D eigenvalue weighted by molar-refractivity contribution is -0.149. The number of benzene rings is 1. The first-order chi connectivity index (χ1) is 19.0. The number of imidazole rings is 1. The number of aliphatic hydroxyl groups is 2. The summed E-state index contributed by atoms with van der Waals surface area (Å²) in [5.74, 6) is -0.644. The molecule has 2 unspecified atom stereocenters. The lowest BCUT2D eigenvalue weighted by atomic mass is 10.1. The molecule has 0 radical (unpaired) electrons. The topological polar surface area (TPSA) is 236 Å². The molecule has 1 fully saturated rings. The molecule has 1 aliphatic rings. The fourth-order valence-corrected chi connectivity index (χ4v) is 5.37. The molecule has 0 amide bonds. The summed E-state index contributed by atoms with van der Waals surface area (Å²) in [6.45, 7) is 3.74. The van der Waals surface area contributed by atoms with E-state index in [0.29, 0.717) is 0 Å². The van der Waals surface area contributed by atoms with E-state index in [1.165, 1.54) is 19.1 Å². The average molecular weight is 578 g/mol. The summed E-state index contributed by atoms with van der Waals surface area (Å²) in [5.41, 5.74) is 6.30. The number of para-hydroxylation sites is 1. The van der Waals surface area contributed by atoms with E-state index in [1.807, 2.05) is 0 Å². The zero-order chi connectivity index (χ0) is 29.1. The molecule has 17 nitrogen and oxygen atoms in total. The van der Waals surface area contributed by atoms with E-state index in [0.717, 1.165) is 17.2 Å². The van der Waals surface area contributed by atoms with Crippen LogP contribution < -0.4 is 15.2 Å². The van der Waals surface area contributed by atoms with Crippen LogP contribution in [0, 0.1) is 0 Å². The number of carbonyl (C=O) groups excluding carboxylic acids is 1. The summed E-state index contributed by atoms with van der Waals surface area (Å²) < 4.78 is 37.0. The average Bonchev–Trinajstić information content (AvgIpc) is 3.44. The van der Waals surface area contributed by atoms with Gasteiger partial charge in [0.15, 0.2) is 17.4 Å². The van der Waals surface area contributed by atoms with E-state index in [1.54, 1.807) is 32.0 Å². The molecule has 1 aromatic carbocycles. The van der Waals surface area contributed by atoms with Crippen LogP contribution in [0.4, 0.5) is 0 Å². The van der Waals surface area contributed by atoms with Gasteiger partial charge in [0, 0.05) is 4.91 Å². The Balaban J connectivity index is 1.63. The number of aromatic amines is 1. The van der Waals surface area contributed by atoms with Gasteiger partial charge in [-0.25, -0.2) is 14.5 Å². The Morgan fingerprint density at radius 3 is 2.73 bits per heavy atom. The van der Waals surface area contributed by atoms with Crippen molar-refractivity contribution in [3.63, 3.8) is 0 Å². The highest BCUT2D eigenvalue weighted by Crippen LogP contribution is 2.48. The van der Waals surface area contributed by atoms with Crippen LogP contribution in [-0.2, 0) is 23.4 Å². The number of nitrogens with one attached hydrogen (secondary N) is 2. The van der Waals surface area contributed by atoms with Gasteiger partial charge in [-0.3, -0.25) is 18.7 Å². The smallest absolute Gasteiger partial charge is 0.459 e. The highest BCUT2D eigenvalue weighted by Gasteiger charge is 2.56. The van der Waals surface area contributed by atoms with Gasteiger partial charge in [-0.05, 0) is 38.4 Å². The number of nitrogens with zero attached hydrogens (tertiary/aromatic N) is 6. The monoisotopic (exact) mass is 578 g/mol. The number of hydrogen-bond acceptors (Lipinski definition) is 12. The molecular weight excluding hydrogens is 551 g/mol. The lowest BCUT2D eigenvalue weighted by Crippen LogP contribution is -2.45. The molecule has 40 heavy (non-hydrogen) atoms. The number of esters is 1. The van der Waals surface area contributed by atoms with Crippen molar-refractivity contribution < 1.29 is 38.1 Å². The van der Waals surface area contributed by atoms with E-state index < -0.39 is 62.2 Å². The maximum absolute atomic E-state index is 13.8. The van der Waals surface area contributed by atoms with Crippen LogP contribution in [0.25, 0.3) is 21.6 Å². The highest BCUT2D eigenvalue weighted by molar-refractivity contribution is 7.52. The molecule has 0 aliphatic carbocycles. The molecule has 3 heterocycles. The predicted octanol–water partition coefficient (Wildman–Crippen LogP) is 1.51. The van der Waals surface area contributed by atoms with Crippen LogP contribution in [0.15, 0.2) is 52.9 Å². The number of aromatic nitrogens is 4. The van der Waals surface area contributed by atoms with Crippen LogP contribution in [0.3, 0.4) is 0 Å². The molecule has 4 rings (SSSR count). The van der Waals surface area contributed by atoms with Crippen molar-refractivity contribution in [3.05, 3.63) is 63.8 Å². The van der Waals surface area contributed by atoms with E-state index in [2.05, 4.69) is 30.1 Å². The van der Waals surface area contributed by atoms with Crippen molar-refractivity contribution in [1.82, 2.24) is 24.6 Å². The molecule has 6 atom stereocenters. The van der Waals surface area contributed by atoms with E-state index in [-0.39, 0.29) is 16.9 Å². The van der Waals surface area contributed by atoms with Gasteiger partial charge in [-0.2, -0.15) is 5.09 Å². The van der Waals surface area contributed by atoms with Crippen LogP contribution in [0.1, 0.15) is 27.0 Å². The SMILES string of the molecule is CC(C)OC(=O)[C@H](C)NP(=O)(OCC1(N=[N+]=[N-])O[C@@H](n2cnc3c(=O)[nH]cnc32)[C@H](O)[C@@H]1O)Oc1ccccc1. The van der Waals surface area contributed by atoms with Crippen molar-refractivity contribution in [2.45, 2.75) is 57.1 Å². The zero-order valence-electron chi connectivity index (χ0n) is 21.5. The Kier molecular flexibility index (Phi) is 8.56. The van der Waals surface area contributed by atoms with Gasteiger partial charge in [-0.1, -0.05) is 23.3 Å². The van der Waals surface area contributed by atoms with Crippen molar-refractivity contribution in [3.8, 4) is 5.75 Å². The van der Waals surface area contributed by atoms with Crippen molar-refractivity contribution in [2.75, 3.05) is 6.61 Å². The largest absolute Gasteiger partial charge is 0.462 e. The standard InChI is InChI=1S/C22H27N8O9P/c1-12(2)37-21(34)13(3)27-40(35,39-14-7-5-4-6-8-14)36-9-22(28-29-23)17(32)16(31)20(38-22)30-11-26-15-18(30)24-10-25-19(15)33/h4-8,10-13,16-17,20,31-32H,9H2,1-3H3,(H,27,35)(H,24,25,33)/t13-,16+,17-,20+,22?,40?/m0/s1. The summed E-state index contributed by atoms with van der Waals surface area (Å²) in [6.07, 6.45) is -3.31. The third-order valence-electron chi connectivity index (χ3n) is 5.72. The summed E-state index contributed by atoms with van der Waals surface area (Å²) >= 11 is 0. The Bertz CT molecular complexity index is 1510. The number of azide groups is 1. The first kappa shape index (κ1) is 29.2. The number of fused-ring (bicyclic) bond motifs is 1. The quantitative estimate of drug-likeness (QED) is 0.0833.